The van der Waals surface area contributed by atoms with Crippen LogP contribution in [0, 0.1) is 5.41 Å². The molecule has 1 aromatic rings. The first kappa shape index (κ1) is 17.4. The molecule has 0 aromatic heterocycles. The SMILES string of the molecule is CC(C)(C)[Si](C)(C)O[C@@H](C=N)COc1ccc(Br)cc1. The number of hydrogen-bond donors (Lipinski definition) is 1. The Hall–Kier alpha value is -0.653. The van der Waals surface area contributed by atoms with Crippen molar-refractivity contribution in [2.45, 2.75) is 45.0 Å². The molecule has 1 aromatic carbocycles. The minimum absolute atomic E-state index is 0.131. The van der Waals surface area contributed by atoms with Crippen LogP contribution in [0.4, 0.5) is 0 Å². The van der Waals surface area contributed by atoms with Gasteiger partial charge < -0.3 is 14.6 Å². The molecule has 1 atom stereocenters. The van der Waals surface area contributed by atoms with Gasteiger partial charge in [-0.15, -0.1) is 0 Å². The zero-order valence-corrected chi connectivity index (χ0v) is 15.5. The molecule has 112 valence electrons. The lowest BCUT2D eigenvalue weighted by Crippen LogP contribution is -2.45. The molecule has 0 aliphatic rings. The quantitative estimate of drug-likeness (QED) is 0.582. The highest BCUT2D eigenvalue weighted by Gasteiger charge is 2.38. The molecule has 1 rings (SSSR count). The van der Waals surface area contributed by atoms with Gasteiger partial charge in [0, 0.05) is 10.7 Å². The van der Waals surface area contributed by atoms with E-state index in [2.05, 4.69) is 49.8 Å². The lowest BCUT2D eigenvalue weighted by atomic mass is 10.2. The van der Waals surface area contributed by atoms with Crippen LogP contribution in [0.2, 0.25) is 18.1 Å². The lowest BCUT2D eigenvalue weighted by Gasteiger charge is -2.38. The zero-order valence-electron chi connectivity index (χ0n) is 12.9. The van der Waals surface area contributed by atoms with E-state index in [1.54, 1.807) is 0 Å². The summed E-state index contributed by atoms with van der Waals surface area (Å²) in [6.45, 7) is 11.3. The summed E-state index contributed by atoms with van der Waals surface area (Å²) in [6, 6.07) is 7.67. The molecule has 0 aliphatic carbocycles. The summed E-state index contributed by atoms with van der Waals surface area (Å²) < 4.78 is 12.9. The van der Waals surface area contributed by atoms with Gasteiger partial charge in [0.2, 0.25) is 0 Å². The molecule has 0 fully saturated rings. The van der Waals surface area contributed by atoms with Gasteiger partial charge in [0.25, 0.3) is 0 Å². The summed E-state index contributed by atoms with van der Waals surface area (Å²) in [5.74, 6) is 0.791. The van der Waals surface area contributed by atoms with Crippen LogP contribution in [-0.2, 0) is 4.43 Å². The first-order valence-electron chi connectivity index (χ1n) is 6.72. The van der Waals surface area contributed by atoms with Gasteiger partial charge >= 0.3 is 0 Å². The standard InChI is InChI=1S/C15H24BrNO2Si/c1-15(2,3)20(4,5)19-14(10-17)11-18-13-8-6-12(16)7-9-13/h6-10,14,17H,11H2,1-5H3/t14-/m0/s1. The summed E-state index contributed by atoms with van der Waals surface area (Å²) in [4.78, 5) is 0. The monoisotopic (exact) mass is 357 g/mol. The third-order valence-electron chi connectivity index (χ3n) is 3.67. The van der Waals surface area contributed by atoms with E-state index in [4.69, 9.17) is 14.6 Å². The van der Waals surface area contributed by atoms with Gasteiger partial charge in [0.1, 0.15) is 18.5 Å². The van der Waals surface area contributed by atoms with Crippen molar-refractivity contribution in [3.05, 3.63) is 28.7 Å². The number of halogens is 1. The topological polar surface area (TPSA) is 42.3 Å². The van der Waals surface area contributed by atoms with Crippen molar-refractivity contribution in [1.82, 2.24) is 0 Å². The summed E-state index contributed by atoms with van der Waals surface area (Å²) in [5, 5.41) is 7.66. The Bertz CT molecular complexity index is 440. The smallest absolute Gasteiger partial charge is 0.193 e. The molecule has 0 aliphatic heterocycles. The van der Waals surface area contributed by atoms with Gasteiger partial charge in [-0.25, -0.2) is 0 Å². The molecule has 0 saturated heterocycles. The van der Waals surface area contributed by atoms with E-state index in [1.807, 2.05) is 24.3 Å². The molecule has 3 nitrogen and oxygen atoms in total. The fraction of sp³-hybridized carbons (Fsp3) is 0.533. The molecule has 0 saturated carbocycles. The van der Waals surface area contributed by atoms with E-state index >= 15 is 0 Å². The van der Waals surface area contributed by atoms with Crippen molar-refractivity contribution >= 4 is 30.5 Å². The fourth-order valence-corrected chi connectivity index (χ4v) is 2.89. The van der Waals surface area contributed by atoms with E-state index < -0.39 is 8.32 Å². The van der Waals surface area contributed by atoms with Crippen molar-refractivity contribution < 1.29 is 9.16 Å². The second kappa shape index (κ2) is 6.87. The van der Waals surface area contributed by atoms with Crippen LogP contribution in [0.1, 0.15) is 20.8 Å². The normalized spacial score (nSPS) is 13.9. The fourth-order valence-electron chi connectivity index (χ4n) is 1.38. The number of nitrogens with one attached hydrogen (secondary N) is 1. The maximum absolute atomic E-state index is 7.53. The Kier molecular flexibility index (Phi) is 5.98. The summed E-state index contributed by atoms with van der Waals surface area (Å²) in [5.41, 5.74) is 0. The maximum Gasteiger partial charge on any atom is 0.193 e. The molecular formula is C15H24BrNO2Si. The van der Waals surface area contributed by atoms with Crippen molar-refractivity contribution in [3.63, 3.8) is 0 Å². The third kappa shape index (κ3) is 5.03. The highest BCUT2D eigenvalue weighted by molar-refractivity contribution is 9.10. The first-order chi connectivity index (χ1) is 9.15. The van der Waals surface area contributed by atoms with Crippen molar-refractivity contribution in [2.24, 2.45) is 0 Å². The van der Waals surface area contributed by atoms with Crippen molar-refractivity contribution in [2.75, 3.05) is 6.61 Å². The molecular weight excluding hydrogens is 334 g/mol. The molecule has 0 bridgehead atoms. The Morgan fingerprint density at radius 2 is 1.80 bits per heavy atom. The van der Waals surface area contributed by atoms with Gasteiger partial charge in [-0.05, 0) is 42.4 Å². The number of benzene rings is 1. The minimum atomic E-state index is -1.87. The molecule has 1 N–H and O–H groups in total. The second-order valence-electron chi connectivity index (χ2n) is 6.35. The summed E-state index contributed by atoms with van der Waals surface area (Å²) in [6.07, 6.45) is 1.04. The van der Waals surface area contributed by atoms with Crippen LogP contribution in [0.25, 0.3) is 0 Å². The Labute approximate surface area is 131 Å². The largest absolute Gasteiger partial charge is 0.491 e. The Morgan fingerprint density at radius 1 is 1.25 bits per heavy atom. The highest BCUT2D eigenvalue weighted by atomic mass is 79.9. The molecule has 0 radical (unpaired) electrons. The molecule has 0 amide bonds. The average Bonchev–Trinajstić information content (AvgIpc) is 2.35. The van der Waals surface area contributed by atoms with Crippen LogP contribution in [0.3, 0.4) is 0 Å². The van der Waals surface area contributed by atoms with Crippen molar-refractivity contribution in [3.8, 4) is 5.75 Å². The predicted molar refractivity (Wildman–Crippen MR) is 90.5 cm³/mol. The van der Waals surface area contributed by atoms with Gasteiger partial charge in [-0.3, -0.25) is 0 Å². The van der Waals surface area contributed by atoms with E-state index in [0.717, 1.165) is 10.2 Å². The average molecular weight is 358 g/mol. The number of ether oxygens (including phenoxy) is 1. The molecule has 0 spiro atoms. The Balaban J connectivity index is 2.60. The van der Waals surface area contributed by atoms with E-state index in [-0.39, 0.29) is 11.1 Å². The molecule has 20 heavy (non-hydrogen) atoms. The minimum Gasteiger partial charge on any atom is -0.491 e. The number of hydrogen-bond acceptors (Lipinski definition) is 3. The summed E-state index contributed by atoms with van der Waals surface area (Å²) >= 11 is 3.39. The second-order valence-corrected chi connectivity index (χ2v) is 12.0. The predicted octanol–water partition coefficient (Wildman–Crippen LogP) is 4.87. The third-order valence-corrected chi connectivity index (χ3v) is 8.70. The van der Waals surface area contributed by atoms with E-state index in [0.29, 0.717) is 6.61 Å². The first-order valence-corrected chi connectivity index (χ1v) is 10.4. The zero-order chi connectivity index (χ0) is 15.4. The van der Waals surface area contributed by atoms with Gasteiger partial charge in [-0.1, -0.05) is 36.7 Å². The van der Waals surface area contributed by atoms with Gasteiger partial charge in [-0.2, -0.15) is 0 Å². The highest BCUT2D eigenvalue weighted by Crippen LogP contribution is 2.37. The molecule has 0 heterocycles. The van der Waals surface area contributed by atoms with Crippen LogP contribution in [0.15, 0.2) is 28.7 Å². The molecule has 5 heteroatoms. The maximum atomic E-state index is 7.53. The van der Waals surface area contributed by atoms with Crippen LogP contribution in [-0.4, -0.2) is 27.2 Å². The summed E-state index contributed by atoms with van der Waals surface area (Å²) in [7, 11) is -1.87. The molecule has 0 unspecified atom stereocenters. The van der Waals surface area contributed by atoms with E-state index in [9.17, 15) is 0 Å². The van der Waals surface area contributed by atoms with E-state index in [1.165, 1.54) is 6.21 Å². The van der Waals surface area contributed by atoms with Crippen molar-refractivity contribution in [1.29, 1.82) is 5.41 Å². The Morgan fingerprint density at radius 3 is 2.25 bits per heavy atom. The van der Waals surface area contributed by atoms with Crippen LogP contribution >= 0.6 is 15.9 Å². The number of rotatable bonds is 6. The van der Waals surface area contributed by atoms with Crippen LogP contribution in [0.5, 0.6) is 5.75 Å². The van der Waals surface area contributed by atoms with Gasteiger partial charge in [0.15, 0.2) is 8.32 Å². The van der Waals surface area contributed by atoms with Crippen LogP contribution < -0.4 is 4.74 Å². The lowest BCUT2D eigenvalue weighted by molar-refractivity contribution is 0.166. The van der Waals surface area contributed by atoms with Gasteiger partial charge in [0.05, 0.1) is 0 Å².